The maximum atomic E-state index is 9.55. The Morgan fingerprint density at radius 1 is 0.524 bits per heavy atom. The van der Waals surface area contributed by atoms with Crippen molar-refractivity contribution in [2.45, 2.75) is 0 Å². The Kier molecular flexibility index (Phi) is 6.56. The zero-order valence-electron chi connectivity index (χ0n) is 22.6. The average molecular weight is 543 g/mol. The lowest BCUT2D eigenvalue weighted by Gasteiger charge is -2.14. The van der Waals surface area contributed by atoms with Crippen molar-refractivity contribution >= 4 is 54.5 Å². The largest absolute Gasteiger partial charge is 0.373 e. The summed E-state index contributed by atoms with van der Waals surface area (Å²) in [6.45, 7) is 3.19. The number of nitrogens with zero attached hydrogens (tertiary/aromatic N) is 4. The summed E-state index contributed by atoms with van der Waals surface area (Å²) in [5.74, 6) is 13.4. The molecule has 0 atom stereocenters. The topological polar surface area (TPSA) is 90.8 Å². The zero-order valence-corrected chi connectivity index (χ0v) is 22.6. The number of rotatable bonds is 0. The Bertz CT molecular complexity index is 2080. The summed E-state index contributed by atoms with van der Waals surface area (Å²) in [5, 5.41) is 26.8. The maximum Gasteiger partial charge on any atom is 0.110 e. The minimum absolute atomic E-state index is 0.394. The molecule has 6 heteroatoms. The molecule has 0 spiro atoms. The van der Waals surface area contributed by atoms with Gasteiger partial charge in [-0.05, 0) is 103 Å². The standard InChI is InChI=1S/C36H22N4O2/c37-19-23-1-3-25-15-33-31(7-5-29-21-41-11-9-39-29)36-18-28-14-24(20-38)2-4-26(28)16-34(36)32(35(33)17-27(25)13-23)8-6-30-22-42-12-10-40-30/h1-4,13-18H,9-12,21-22H2. The van der Waals surface area contributed by atoms with Gasteiger partial charge in [-0.2, -0.15) is 10.5 Å². The van der Waals surface area contributed by atoms with Crippen LogP contribution < -0.4 is 0 Å². The summed E-state index contributed by atoms with van der Waals surface area (Å²) < 4.78 is 11.2. The summed E-state index contributed by atoms with van der Waals surface area (Å²) in [7, 11) is 0. The number of nitriles is 2. The van der Waals surface area contributed by atoms with Crippen LogP contribution in [0, 0.1) is 46.3 Å². The molecule has 2 aliphatic rings. The second-order valence-electron chi connectivity index (χ2n) is 10.2. The Morgan fingerprint density at radius 3 is 1.33 bits per heavy atom. The van der Waals surface area contributed by atoms with Gasteiger partial charge in [0, 0.05) is 11.1 Å². The molecule has 6 nitrogen and oxygen atoms in total. The fourth-order valence-corrected chi connectivity index (χ4v) is 5.46. The van der Waals surface area contributed by atoms with Gasteiger partial charge in [-0.3, -0.25) is 9.98 Å². The van der Waals surface area contributed by atoms with Crippen LogP contribution in [0.25, 0.3) is 43.1 Å². The second kappa shape index (κ2) is 10.8. The van der Waals surface area contributed by atoms with Crippen LogP contribution in [0.2, 0.25) is 0 Å². The van der Waals surface area contributed by atoms with Crippen LogP contribution in [0.4, 0.5) is 0 Å². The van der Waals surface area contributed by atoms with Gasteiger partial charge in [0.1, 0.15) is 11.4 Å². The first-order valence-electron chi connectivity index (χ1n) is 13.7. The zero-order chi connectivity index (χ0) is 28.5. The summed E-state index contributed by atoms with van der Waals surface area (Å²) in [6.07, 6.45) is 0. The van der Waals surface area contributed by atoms with Crippen LogP contribution in [0.5, 0.6) is 0 Å². The second-order valence-corrected chi connectivity index (χ2v) is 10.2. The van der Waals surface area contributed by atoms with E-state index in [0.29, 0.717) is 62.1 Å². The van der Waals surface area contributed by atoms with Crippen molar-refractivity contribution < 1.29 is 9.47 Å². The van der Waals surface area contributed by atoms with E-state index < -0.39 is 0 Å². The third kappa shape index (κ3) is 4.73. The van der Waals surface area contributed by atoms with Crippen molar-refractivity contribution in [1.29, 1.82) is 10.5 Å². The van der Waals surface area contributed by atoms with Crippen molar-refractivity contribution in [2.24, 2.45) is 9.98 Å². The van der Waals surface area contributed by atoms with Crippen molar-refractivity contribution in [3.05, 3.63) is 82.9 Å². The van der Waals surface area contributed by atoms with E-state index in [1.54, 1.807) is 0 Å². The number of ether oxygens (including phenoxy) is 2. The molecule has 0 aliphatic carbocycles. The summed E-state index contributed by atoms with van der Waals surface area (Å²) in [6, 6.07) is 24.3. The van der Waals surface area contributed by atoms with Gasteiger partial charge >= 0.3 is 0 Å². The molecule has 0 saturated carbocycles. The van der Waals surface area contributed by atoms with Gasteiger partial charge in [0.2, 0.25) is 0 Å². The highest BCUT2D eigenvalue weighted by molar-refractivity contribution is 6.17. The first-order chi connectivity index (χ1) is 20.7. The molecule has 0 N–H and O–H groups in total. The van der Waals surface area contributed by atoms with Gasteiger partial charge < -0.3 is 9.47 Å². The monoisotopic (exact) mass is 542 g/mol. The molecule has 0 saturated heterocycles. The molecule has 0 unspecified atom stereocenters. The lowest BCUT2D eigenvalue weighted by molar-refractivity contribution is 0.172. The minimum Gasteiger partial charge on any atom is -0.373 e. The van der Waals surface area contributed by atoms with Gasteiger partial charge in [-0.1, -0.05) is 24.0 Å². The third-order valence-corrected chi connectivity index (χ3v) is 7.51. The number of hydrogen-bond donors (Lipinski definition) is 0. The molecule has 42 heavy (non-hydrogen) atoms. The Balaban J connectivity index is 1.62. The van der Waals surface area contributed by atoms with E-state index in [1.807, 2.05) is 36.4 Å². The normalized spacial score (nSPS) is 14.7. The highest BCUT2D eigenvalue weighted by Gasteiger charge is 2.16. The molecule has 5 aromatic carbocycles. The summed E-state index contributed by atoms with van der Waals surface area (Å²) in [5.41, 5.74) is 4.33. The SMILES string of the molecule is N#Cc1ccc2cc3c(C#CC4=NCCOC4)c4cc5cc(C#N)ccc5cc4c(C#CC4=NCCOC4)c3cc2c1. The number of fused-ring (bicyclic) bond motifs is 4. The maximum absolute atomic E-state index is 9.55. The fraction of sp³-hybridized carbons (Fsp3) is 0.167. The smallest absolute Gasteiger partial charge is 0.110 e. The molecule has 5 aromatic rings. The molecule has 0 amide bonds. The molecule has 2 heterocycles. The van der Waals surface area contributed by atoms with Gasteiger partial charge in [0.15, 0.2) is 0 Å². The van der Waals surface area contributed by atoms with E-state index in [0.717, 1.165) is 54.2 Å². The first kappa shape index (κ1) is 25.5. The number of aliphatic imine (C=N–C) groups is 2. The molecule has 0 bridgehead atoms. The van der Waals surface area contributed by atoms with Crippen LogP contribution in [0.15, 0.2) is 70.6 Å². The fourth-order valence-electron chi connectivity index (χ4n) is 5.46. The first-order valence-corrected chi connectivity index (χ1v) is 13.7. The minimum atomic E-state index is 0.394. The van der Waals surface area contributed by atoms with E-state index in [-0.39, 0.29) is 0 Å². The van der Waals surface area contributed by atoms with Gasteiger partial charge in [-0.25, -0.2) is 0 Å². The van der Waals surface area contributed by atoms with E-state index in [4.69, 9.17) is 9.47 Å². The van der Waals surface area contributed by atoms with Crippen LogP contribution in [-0.4, -0.2) is 50.9 Å². The van der Waals surface area contributed by atoms with Crippen LogP contribution in [0.3, 0.4) is 0 Å². The van der Waals surface area contributed by atoms with Crippen molar-refractivity contribution in [3.63, 3.8) is 0 Å². The van der Waals surface area contributed by atoms with E-state index in [9.17, 15) is 10.5 Å². The summed E-state index contributed by atoms with van der Waals surface area (Å²) in [4.78, 5) is 9.10. The van der Waals surface area contributed by atoms with Gasteiger partial charge in [0.05, 0.1) is 62.8 Å². The molecule has 0 fully saturated rings. The molecule has 7 rings (SSSR count). The molecular formula is C36H22N4O2. The molecule has 2 aliphatic heterocycles. The van der Waals surface area contributed by atoms with Crippen LogP contribution >= 0.6 is 0 Å². The summed E-state index contributed by atoms with van der Waals surface area (Å²) >= 11 is 0. The molecule has 0 radical (unpaired) electrons. The van der Waals surface area contributed by atoms with E-state index >= 15 is 0 Å². The van der Waals surface area contributed by atoms with Crippen LogP contribution in [0.1, 0.15) is 22.3 Å². The lowest BCUT2D eigenvalue weighted by Crippen LogP contribution is -2.16. The van der Waals surface area contributed by atoms with Gasteiger partial charge in [-0.15, -0.1) is 0 Å². The lowest BCUT2D eigenvalue weighted by atomic mass is 9.88. The highest BCUT2D eigenvalue weighted by Crippen LogP contribution is 2.37. The van der Waals surface area contributed by atoms with Gasteiger partial charge in [0.25, 0.3) is 0 Å². The Hall–Kier alpha value is -5.50. The number of benzene rings is 5. The molecule has 198 valence electrons. The predicted octanol–water partition coefficient (Wildman–Crippen LogP) is 5.69. The van der Waals surface area contributed by atoms with Crippen molar-refractivity contribution in [3.8, 4) is 35.8 Å². The predicted molar refractivity (Wildman–Crippen MR) is 166 cm³/mol. The third-order valence-electron chi connectivity index (χ3n) is 7.51. The van der Waals surface area contributed by atoms with E-state index in [1.165, 1.54) is 0 Å². The average Bonchev–Trinajstić information content (AvgIpc) is 3.05. The Labute approximate surface area is 242 Å². The molecular weight excluding hydrogens is 520 g/mol. The number of hydrogen-bond acceptors (Lipinski definition) is 6. The van der Waals surface area contributed by atoms with Crippen molar-refractivity contribution in [1.82, 2.24) is 0 Å². The highest BCUT2D eigenvalue weighted by atomic mass is 16.5. The van der Waals surface area contributed by atoms with Crippen molar-refractivity contribution in [2.75, 3.05) is 39.5 Å². The molecule has 0 aromatic heterocycles. The van der Waals surface area contributed by atoms with E-state index in [2.05, 4.69) is 70.1 Å². The Morgan fingerprint density at radius 2 is 0.952 bits per heavy atom. The van der Waals surface area contributed by atoms with Crippen LogP contribution in [-0.2, 0) is 9.47 Å². The quantitative estimate of drug-likeness (QED) is 0.186.